The third kappa shape index (κ3) is 18.1. The molecule has 0 aliphatic carbocycles. The van der Waals surface area contributed by atoms with Gasteiger partial charge >= 0.3 is 23.1 Å². The number of carbonyl (C=O) groups excluding carboxylic acids is 4. The van der Waals surface area contributed by atoms with Gasteiger partial charge in [-0.2, -0.15) is 36.4 Å². The van der Waals surface area contributed by atoms with Crippen LogP contribution in [-0.4, -0.2) is 143 Å². The van der Waals surface area contributed by atoms with Crippen molar-refractivity contribution in [3.8, 4) is 34.5 Å². The molecule has 26 heteroatoms. The van der Waals surface area contributed by atoms with E-state index in [2.05, 4.69) is 99.1 Å². The molecule has 16 rings (SSSR count). The summed E-state index contributed by atoms with van der Waals surface area (Å²) in [6.07, 6.45) is 7.40. The van der Waals surface area contributed by atoms with E-state index in [4.69, 9.17) is 32.8 Å². The fourth-order valence-electron chi connectivity index (χ4n) is 18.0. The number of benzene rings is 9. The van der Waals surface area contributed by atoms with E-state index in [1.54, 1.807) is 109 Å². The molecule has 4 amide bonds. The van der Waals surface area contributed by atoms with E-state index < -0.39 is 57.5 Å². The van der Waals surface area contributed by atoms with E-state index in [-0.39, 0.29) is 149 Å². The number of rotatable bonds is 21. The fourth-order valence-corrected chi connectivity index (χ4v) is 28.5. The molecule has 0 spiro atoms. The Morgan fingerprint density at radius 2 is 0.740 bits per heavy atom. The first-order valence-electron chi connectivity index (χ1n) is 40.8. The molecule has 0 radical (unpaired) electrons. The van der Waals surface area contributed by atoms with Gasteiger partial charge in [0.15, 0.2) is 17.2 Å². The molecule has 19 nitrogen and oxygen atoms in total. The van der Waals surface area contributed by atoms with Crippen molar-refractivity contribution >= 4 is 96.0 Å². The van der Waals surface area contributed by atoms with Gasteiger partial charge in [-0.25, -0.2) is 13.2 Å². The average Bonchev–Trinajstić information content (AvgIpc) is 1.55. The predicted molar refractivity (Wildman–Crippen MR) is 473 cm³/mol. The minimum atomic E-state index is -2.59. The van der Waals surface area contributed by atoms with Crippen molar-refractivity contribution in [2.45, 2.75) is 160 Å². The van der Waals surface area contributed by atoms with Crippen LogP contribution in [0.3, 0.4) is 0 Å². The number of pyridine rings is 3. The van der Waals surface area contributed by atoms with E-state index in [1.807, 2.05) is 66.7 Å². The number of aliphatic hydroxyl groups is 2. The van der Waals surface area contributed by atoms with E-state index in [0.29, 0.717) is 83.6 Å². The Balaban J connectivity index is 0.000000181. The zero-order valence-electron chi connectivity index (χ0n) is 72.0. The number of imide groups is 1. The van der Waals surface area contributed by atoms with Crippen molar-refractivity contribution < 1.29 is 92.4 Å². The second-order valence-electron chi connectivity index (χ2n) is 32.2. The number of aromatic hydroxyl groups is 1. The summed E-state index contributed by atoms with van der Waals surface area (Å²) in [5.41, 5.74) is 2.76. The van der Waals surface area contributed by atoms with Gasteiger partial charge in [0, 0.05) is 72.2 Å². The standard InChI is InChI=1S/C34H39FN2O4Si.C28H33FN2O4Si.C25H19FN2O4.C6H5.C4H8O.BrH.Mg/c1-21(2)42(22(3)4,23(5)6)41-32-28-29(31(40-7)27-14-11-19-36-30(27)32)34(39,25-12-9-8-10-13-25)37(33(28)38)20-24-15-17-26(35)18-16-24;1-16(2)36(17(3)4,18(5)6)35-26-23-22(25(34-7)21-9-8-14-30-24(21)26)27(32)31(28(23)33)15-19-10-12-20(29)13-11-19;1-32-23-18-8-5-13-27-21(18)22(29)19-20(23)25(31,16-6-3-2-4-7-16)28(24(19)30)14-15-9-11-17(26)12-10-15;1-2-4-6-5-3-1;1-2-4-5-3-1;;/h8-19,21-23,39H,20H2,1-7H3;8-14,16-18H,15H2,1-7H3;2-13,29,31H,14H2,1H3;1-5H;1-4H2;1H;/q;;;-1;;;+2/p-1. The zero-order chi connectivity index (χ0) is 87.0. The molecule has 7 heterocycles. The van der Waals surface area contributed by atoms with E-state index in [1.165, 1.54) is 91.5 Å². The summed E-state index contributed by atoms with van der Waals surface area (Å²) < 4.78 is 77.3. The summed E-state index contributed by atoms with van der Waals surface area (Å²) in [6, 6.07) is 58.4. The normalized spacial score (nSPS) is 15.8. The average molecular weight is 1780 g/mol. The number of carbonyl (C=O) groups is 4. The number of methoxy groups -OCH3 is 3. The van der Waals surface area contributed by atoms with E-state index in [9.17, 15) is 47.7 Å². The molecule has 123 heavy (non-hydrogen) atoms. The largest absolute Gasteiger partial charge is 2.00 e. The Kier molecular flexibility index (Phi) is 31.1. The summed E-state index contributed by atoms with van der Waals surface area (Å²) in [5.74, 6) is -1.70. The molecule has 4 aliphatic heterocycles. The van der Waals surface area contributed by atoms with Crippen LogP contribution in [0.4, 0.5) is 13.2 Å². The molecular weight excluding hydrogens is 1670 g/mol. The van der Waals surface area contributed by atoms with Crippen LogP contribution in [-0.2, 0) is 35.8 Å². The zero-order valence-corrected chi connectivity index (χ0v) is 77.0. The van der Waals surface area contributed by atoms with Gasteiger partial charge in [0.2, 0.25) is 0 Å². The second kappa shape index (κ2) is 40.4. The molecule has 0 bridgehead atoms. The molecule has 12 aromatic rings. The molecule has 0 saturated carbocycles. The molecular formula is C97H104BrF3MgN6O13Si2. The quantitative estimate of drug-likeness (QED) is 0.0345. The van der Waals surface area contributed by atoms with Gasteiger partial charge in [-0.1, -0.05) is 180 Å². The summed E-state index contributed by atoms with van der Waals surface area (Å²) in [4.78, 5) is 73.4. The number of ether oxygens (including phenoxy) is 4. The monoisotopic (exact) mass is 1780 g/mol. The third-order valence-electron chi connectivity index (χ3n) is 23.4. The van der Waals surface area contributed by atoms with Crippen LogP contribution in [0.15, 0.2) is 219 Å². The van der Waals surface area contributed by atoms with E-state index >= 15 is 0 Å². The van der Waals surface area contributed by atoms with Crippen LogP contribution in [0.25, 0.3) is 32.7 Å². The van der Waals surface area contributed by atoms with E-state index in [0.717, 1.165) is 13.2 Å². The number of halogens is 4. The minimum Gasteiger partial charge on any atom is -1.00 e. The third-order valence-corrected chi connectivity index (χ3v) is 35.3. The maximum atomic E-state index is 14.7. The first kappa shape index (κ1) is 94.7. The van der Waals surface area contributed by atoms with Crippen LogP contribution in [0.2, 0.25) is 33.2 Å². The van der Waals surface area contributed by atoms with Gasteiger partial charge in [0.1, 0.15) is 62.7 Å². The Bertz CT molecular complexity index is 5630. The summed E-state index contributed by atoms with van der Waals surface area (Å²) in [6.45, 7) is 28.2. The molecule has 9 aromatic carbocycles. The summed E-state index contributed by atoms with van der Waals surface area (Å²) in [7, 11) is -0.638. The molecule has 1 fully saturated rings. The Morgan fingerprint density at radius 1 is 0.415 bits per heavy atom. The van der Waals surface area contributed by atoms with Crippen molar-refractivity contribution in [2.24, 2.45) is 0 Å². The SMILES string of the molecule is C1CCOC1.COc1c2c(c(O)c3ncccc13)C(=O)N(Cc1ccc(F)cc1)C2(O)c1ccccc1.COc1c2c(c(O[Si](C(C)C)(C(C)C)C(C)C)c3ncccc13)C(=O)N(Cc1ccc(F)cc1)C2(O)c1ccccc1.COc1c2c(c(O[Si](C(C)C)(C(C)C)C(C)C)c3ncccc13)C(=O)N(Cc1ccc(F)cc1)C2=O.[Br-].[Mg+2].[c-]1ccccc1. The number of fused-ring (bicyclic) bond motifs is 6. The number of amides is 4. The molecule has 1 saturated heterocycles. The smallest absolute Gasteiger partial charge is 1.00 e. The number of phenols is 1. The van der Waals surface area contributed by atoms with Crippen LogP contribution >= 0.6 is 0 Å². The topological polar surface area (TPSA) is 233 Å². The summed E-state index contributed by atoms with van der Waals surface area (Å²) in [5, 5.41) is 37.8. The fraction of sp³-hybridized carbons (Fsp3) is 0.309. The first-order valence-corrected chi connectivity index (χ1v) is 45.1. The maximum Gasteiger partial charge on any atom is 2.00 e. The first-order chi connectivity index (χ1) is 58.0. The molecule has 638 valence electrons. The van der Waals surface area contributed by atoms with Gasteiger partial charge in [-0.3, -0.25) is 48.8 Å². The van der Waals surface area contributed by atoms with Gasteiger partial charge in [-0.15, -0.1) is 0 Å². The number of phenolic OH excluding ortho intramolecular Hbond substituents is 1. The Morgan fingerprint density at radius 3 is 1.08 bits per heavy atom. The van der Waals surface area contributed by atoms with Gasteiger partial charge < -0.3 is 60.1 Å². The van der Waals surface area contributed by atoms with Crippen LogP contribution < -0.4 is 40.0 Å². The van der Waals surface area contributed by atoms with Gasteiger partial charge in [-0.05, 0) is 136 Å². The van der Waals surface area contributed by atoms with Crippen molar-refractivity contribution in [3.05, 3.63) is 303 Å². The van der Waals surface area contributed by atoms with Crippen molar-refractivity contribution in [2.75, 3.05) is 34.5 Å². The number of nitrogens with zero attached hydrogens (tertiary/aromatic N) is 6. The van der Waals surface area contributed by atoms with Gasteiger partial charge in [0.25, 0.3) is 40.3 Å². The number of hydrogen-bond acceptors (Lipinski definition) is 16. The molecule has 2 atom stereocenters. The Labute approximate surface area is 745 Å². The summed E-state index contributed by atoms with van der Waals surface area (Å²) >= 11 is 0. The number of aromatic nitrogens is 3. The number of hydrogen-bond donors (Lipinski definition) is 3. The Hall–Kier alpha value is -10.6. The van der Waals surface area contributed by atoms with Crippen molar-refractivity contribution in [1.82, 2.24) is 29.7 Å². The minimum absolute atomic E-state index is 0. The van der Waals surface area contributed by atoms with Crippen LogP contribution in [0.1, 0.15) is 176 Å². The molecule has 4 aliphatic rings. The molecule has 3 aromatic heterocycles. The van der Waals surface area contributed by atoms with Crippen LogP contribution in [0, 0.1) is 23.5 Å². The second-order valence-corrected chi connectivity index (χ2v) is 43.0. The molecule has 2 unspecified atom stereocenters. The van der Waals surface area contributed by atoms with Gasteiger partial charge in [0.05, 0.1) is 61.3 Å². The molecule has 3 N–H and O–H groups in total. The van der Waals surface area contributed by atoms with Crippen molar-refractivity contribution in [1.29, 1.82) is 0 Å². The van der Waals surface area contributed by atoms with Crippen LogP contribution in [0.5, 0.6) is 34.5 Å². The maximum absolute atomic E-state index is 14.7. The predicted octanol–water partition coefficient (Wildman–Crippen LogP) is 17.4. The van der Waals surface area contributed by atoms with Crippen molar-refractivity contribution in [3.63, 3.8) is 0 Å².